The number of amides is 1. The van der Waals surface area contributed by atoms with Crippen LogP contribution in [0.4, 0.5) is 4.79 Å². The van der Waals surface area contributed by atoms with Crippen molar-refractivity contribution in [3.8, 4) is 5.75 Å². The second-order valence-electron chi connectivity index (χ2n) is 8.90. The number of methoxy groups -OCH3 is 3. The highest BCUT2D eigenvalue weighted by atomic mass is 16.7. The maximum Gasteiger partial charge on any atom is 0.408 e. The van der Waals surface area contributed by atoms with Crippen molar-refractivity contribution in [3.63, 3.8) is 0 Å². The molecule has 2 aromatic carbocycles. The minimum absolute atomic E-state index is 0.00729. The van der Waals surface area contributed by atoms with Gasteiger partial charge in [0, 0.05) is 27.1 Å². The first kappa shape index (κ1) is 27.1. The van der Waals surface area contributed by atoms with Crippen LogP contribution in [0, 0.1) is 0 Å². The van der Waals surface area contributed by atoms with Gasteiger partial charge in [-0.1, -0.05) is 42.5 Å². The monoisotopic (exact) mass is 473 g/mol. The standard InChI is InChI=1S/C26H35NO7/c1-25(2,3)34-21-14-12-19(13-15-21)16-26(23(28)32-6,17-22(30-4)31-5)27-24(29)33-18-20-10-8-7-9-11-20/h7-15,22H,16-18H2,1-6H3,(H,27,29). The zero-order valence-electron chi connectivity index (χ0n) is 20.8. The fraction of sp³-hybridized carbons (Fsp3) is 0.462. The molecule has 0 aliphatic rings. The highest BCUT2D eigenvalue weighted by Gasteiger charge is 2.44. The second-order valence-corrected chi connectivity index (χ2v) is 8.90. The predicted molar refractivity (Wildman–Crippen MR) is 127 cm³/mol. The van der Waals surface area contributed by atoms with Gasteiger partial charge in [-0.2, -0.15) is 0 Å². The third-order valence-electron chi connectivity index (χ3n) is 5.02. The van der Waals surface area contributed by atoms with Gasteiger partial charge in [0.25, 0.3) is 0 Å². The van der Waals surface area contributed by atoms with E-state index < -0.39 is 23.9 Å². The third-order valence-corrected chi connectivity index (χ3v) is 5.02. The van der Waals surface area contributed by atoms with Crippen molar-refractivity contribution in [2.24, 2.45) is 0 Å². The molecule has 0 saturated heterocycles. The van der Waals surface area contributed by atoms with Crippen LogP contribution in [-0.4, -0.2) is 50.8 Å². The minimum Gasteiger partial charge on any atom is -0.488 e. The zero-order chi connectivity index (χ0) is 25.2. The summed E-state index contributed by atoms with van der Waals surface area (Å²) in [6.45, 7) is 5.94. The molecule has 1 N–H and O–H groups in total. The fourth-order valence-corrected chi connectivity index (χ4v) is 3.45. The van der Waals surface area contributed by atoms with Gasteiger partial charge < -0.3 is 29.0 Å². The van der Waals surface area contributed by atoms with Crippen LogP contribution in [0.25, 0.3) is 0 Å². The Kier molecular flexibility index (Phi) is 9.89. The molecule has 186 valence electrons. The number of ether oxygens (including phenoxy) is 5. The molecular weight excluding hydrogens is 438 g/mol. The molecule has 0 saturated carbocycles. The van der Waals surface area contributed by atoms with Crippen LogP contribution in [0.15, 0.2) is 54.6 Å². The molecule has 0 fully saturated rings. The number of esters is 1. The molecule has 0 aliphatic carbocycles. The molecule has 1 atom stereocenters. The molecule has 34 heavy (non-hydrogen) atoms. The van der Waals surface area contributed by atoms with Crippen molar-refractivity contribution >= 4 is 12.1 Å². The topological polar surface area (TPSA) is 92.3 Å². The maximum absolute atomic E-state index is 13.0. The Morgan fingerprint density at radius 1 is 0.882 bits per heavy atom. The smallest absolute Gasteiger partial charge is 0.408 e. The quantitative estimate of drug-likeness (QED) is 0.385. The Morgan fingerprint density at radius 2 is 1.50 bits per heavy atom. The lowest BCUT2D eigenvalue weighted by molar-refractivity contribution is -0.159. The summed E-state index contributed by atoms with van der Waals surface area (Å²) in [4.78, 5) is 25.8. The van der Waals surface area contributed by atoms with Gasteiger partial charge >= 0.3 is 12.1 Å². The Balaban J connectivity index is 2.28. The van der Waals surface area contributed by atoms with E-state index in [2.05, 4.69) is 5.32 Å². The van der Waals surface area contributed by atoms with E-state index in [-0.39, 0.29) is 25.0 Å². The largest absolute Gasteiger partial charge is 0.488 e. The molecule has 1 unspecified atom stereocenters. The molecule has 2 aromatic rings. The molecule has 0 aliphatic heterocycles. The van der Waals surface area contributed by atoms with Crippen molar-refractivity contribution in [2.75, 3.05) is 21.3 Å². The number of nitrogens with one attached hydrogen (secondary N) is 1. The first-order valence-electron chi connectivity index (χ1n) is 11.0. The van der Waals surface area contributed by atoms with Gasteiger partial charge in [-0.25, -0.2) is 9.59 Å². The summed E-state index contributed by atoms with van der Waals surface area (Å²) < 4.78 is 27.0. The Bertz CT molecular complexity index is 905. The SMILES string of the molecule is COC(=O)C(Cc1ccc(OC(C)(C)C)cc1)(CC(OC)OC)NC(=O)OCc1ccccc1. The number of alkyl carbamates (subject to hydrolysis) is 1. The normalized spacial score (nSPS) is 13.1. The van der Waals surface area contributed by atoms with Gasteiger partial charge in [0.05, 0.1) is 7.11 Å². The highest BCUT2D eigenvalue weighted by Crippen LogP contribution is 2.26. The first-order valence-corrected chi connectivity index (χ1v) is 11.0. The average molecular weight is 474 g/mol. The predicted octanol–water partition coefficient (Wildman–Crippen LogP) is 4.25. The lowest BCUT2D eigenvalue weighted by atomic mass is 9.87. The van der Waals surface area contributed by atoms with Crippen LogP contribution in [0.3, 0.4) is 0 Å². The highest BCUT2D eigenvalue weighted by molar-refractivity contribution is 5.86. The lowest BCUT2D eigenvalue weighted by Gasteiger charge is -2.34. The van der Waals surface area contributed by atoms with E-state index in [9.17, 15) is 9.59 Å². The number of carbonyl (C=O) groups excluding carboxylic acids is 2. The van der Waals surface area contributed by atoms with Crippen LogP contribution >= 0.6 is 0 Å². The summed E-state index contributed by atoms with van der Waals surface area (Å²) in [7, 11) is 4.19. The van der Waals surface area contributed by atoms with Gasteiger partial charge in [0.15, 0.2) is 6.29 Å². The summed E-state index contributed by atoms with van der Waals surface area (Å²) in [6.07, 6.45) is -1.39. The first-order chi connectivity index (χ1) is 16.1. The van der Waals surface area contributed by atoms with E-state index in [0.717, 1.165) is 11.1 Å². The van der Waals surface area contributed by atoms with E-state index in [1.54, 1.807) is 0 Å². The van der Waals surface area contributed by atoms with Gasteiger partial charge in [0.1, 0.15) is 23.5 Å². The fourth-order valence-electron chi connectivity index (χ4n) is 3.45. The molecular formula is C26H35NO7. The van der Waals surface area contributed by atoms with Crippen LogP contribution in [-0.2, 0) is 36.8 Å². The molecule has 0 radical (unpaired) electrons. The van der Waals surface area contributed by atoms with E-state index in [0.29, 0.717) is 5.75 Å². The van der Waals surface area contributed by atoms with Crippen LogP contribution in [0.2, 0.25) is 0 Å². The van der Waals surface area contributed by atoms with Crippen molar-refractivity contribution in [3.05, 3.63) is 65.7 Å². The minimum atomic E-state index is -1.49. The summed E-state index contributed by atoms with van der Waals surface area (Å²) in [6, 6.07) is 16.6. The molecule has 0 heterocycles. The zero-order valence-corrected chi connectivity index (χ0v) is 20.8. The van der Waals surface area contributed by atoms with Gasteiger partial charge in [0.2, 0.25) is 0 Å². The summed E-state index contributed by atoms with van der Waals surface area (Å²) in [5.41, 5.74) is -0.236. The average Bonchev–Trinajstić information content (AvgIpc) is 2.81. The number of rotatable bonds is 11. The number of benzene rings is 2. The van der Waals surface area contributed by atoms with Crippen molar-refractivity contribution in [1.29, 1.82) is 0 Å². The third kappa shape index (κ3) is 8.35. The van der Waals surface area contributed by atoms with Gasteiger partial charge in [-0.05, 0) is 44.0 Å². The Morgan fingerprint density at radius 3 is 2.03 bits per heavy atom. The van der Waals surface area contributed by atoms with Crippen LogP contribution in [0.5, 0.6) is 5.75 Å². The van der Waals surface area contributed by atoms with Crippen LogP contribution < -0.4 is 10.1 Å². The number of hydrogen-bond donors (Lipinski definition) is 1. The molecule has 0 aromatic heterocycles. The second kappa shape index (κ2) is 12.4. The number of carbonyl (C=O) groups is 2. The molecule has 0 bridgehead atoms. The molecule has 0 spiro atoms. The Hall–Kier alpha value is -3.10. The molecule has 8 nitrogen and oxygen atoms in total. The number of hydrogen-bond acceptors (Lipinski definition) is 7. The lowest BCUT2D eigenvalue weighted by Crippen LogP contribution is -2.58. The molecule has 1 amide bonds. The van der Waals surface area contributed by atoms with Gasteiger partial charge in [-0.3, -0.25) is 0 Å². The van der Waals surface area contributed by atoms with Crippen molar-refractivity contribution < 1.29 is 33.3 Å². The van der Waals surface area contributed by atoms with Crippen LogP contribution in [0.1, 0.15) is 38.3 Å². The van der Waals surface area contributed by atoms with E-state index in [4.69, 9.17) is 23.7 Å². The molecule has 2 rings (SSSR count). The van der Waals surface area contributed by atoms with E-state index in [1.165, 1.54) is 21.3 Å². The summed E-state index contributed by atoms with van der Waals surface area (Å²) in [5, 5.41) is 2.72. The van der Waals surface area contributed by atoms with Crippen molar-refractivity contribution in [2.45, 2.75) is 57.6 Å². The maximum atomic E-state index is 13.0. The Labute approximate surface area is 201 Å². The summed E-state index contributed by atoms with van der Waals surface area (Å²) >= 11 is 0. The van der Waals surface area contributed by atoms with E-state index in [1.807, 2.05) is 75.4 Å². The molecule has 8 heteroatoms. The van der Waals surface area contributed by atoms with E-state index >= 15 is 0 Å². The van der Waals surface area contributed by atoms with Gasteiger partial charge in [-0.15, -0.1) is 0 Å². The summed E-state index contributed by atoms with van der Waals surface area (Å²) in [5.74, 6) is 0.0556. The van der Waals surface area contributed by atoms with Crippen molar-refractivity contribution in [1.82, 2.24) is 5.32 Å².